The topological polar surface area (TPSA) is 71.4 Å². The number of nitrogens with one attached hydrogen (secondary N) is 1. The number of rotatable bonds is 5. The van der Waals surface area contributed by atoms with E-state index in [2.05, 4.69) is 4.72 Å². The fraction of sp³-hybridized carbons (Fsp3) is 0.389. The van der Waals surface area contributed by atoms with E-state index in [1.54, 1.807) is 16.4 Å². The monoisotopic (exact) mass is 379 g/mol. The third-order valence-corrected chi connectivity index (χ3v) is 5.66. The van der Waals surface area contributed by atoms with Crippen LogP contribution in [0.1, 0.15) is 29.9 Å². The van der Waals surface area contributed by atoms with Crippen LogP contribution in [0.5, 0.6) is 0 Å². The van der Waals surface area contributed by atoms with Crippen molar-refractivity contribution in [1.82, 2.24) is 9.47 Å². The summed E-state index contributed by atoms with van der Waals surface area (Å²) >= 11 is 0. The van der Waals surface area contributed by atoms with Crippen molar-refractivity contribution in [2.45, 2.75) is 32.2 Å². The van der Waals surface area contributed by atoms with Gasteiger partial charge in [-0.25, -0.2) is 12.8 Å². The number of amides is 1. The highest BCUT2D eigenvalue weighted by Gasteiger charge is 2.28. The van der Waals surface area contributed by atoms with Crippen molar-refractivity contribution in [3.63, 3.8) is 0 Å². The highest BCUT2D eigenvalue weighted by Crippen LogP contribution is 2.24. The minimum Gasteiger partial charge on any atom is -0.340 e. The fourth-order valence-corrected chi connectivity index (χ4v) is 4.17. The quantitative estimate of drug-likeness (QED) is 0.868. The lowest BCUT2D eigenvalue weighted by Gasteiger charge is -2.29. The van der Waals surface area contributed by atoms with Crippen LogP contribution in [0.4, 0.5) is 10.1 Å². The van der Waals surface area contributed by atoms with Crippen LogP contribution >= 0.6 is 0 Å². The van der Waals surface area contributed by atoms with Gasteiger partial charge in [-0.15, -0.1) is 0 Å². The van der Waals surface area contributed by atoms with E-state index in [0.717, 1.165) is 6.07 Å². The molecule has 1 aromatic heterocycles. The highest BCUT2D eigenvalue weighted by atomic mass is 32.2. The molecule has 2 aromatic rings. The van der Waals surface area contributed by atoms with Crippen molar-refractivity contribution < 1.29 is 17.6 Å². The number of halogens is 1. The van der Waals surface area contributed by atoms with E-state index in [-0.39, 0.29) is 16.5 Å². The maximum absolute atomic E-state index is 13.4. The van der Waals surface area contributed by atoms with Crippen LogP contribution in [-0.2, 0) is 16.6 Å². The zero-order valence-electron chi connectivity index (χ0n) is 15.0. The van der Waals surface area contributed by atoms with E-state index in [1.165, 1.54) is 24.4 Å². The van der Waals surface area contributed by atoms with Crippen molar-refractivity contribution in [1.29, 1.82) is 0 Å². The lowest BCUT2D eigenvalue weighted by atomic mass is 10.2. The molecule has 1 aliphatic rings. The average molecular weight is 379 g/mol. The zero-order valence-corrected chi connectivity index (χ0v) is 15.8. The van der Waals surface area contributed by atoms with Crippen LogP contribution in [0, 0.1) is 18.7 Å². The van der Waals surface area contributed by atoms with Crippen LogP contribution in [0.25, 0.3) is 0 Å². The molecule has 0 bridgehead atoms. The summed E-state index contributed by atoms with van der Waals surface area (Å²) in [4.78, 5) is 14.3. The van der Waals surface area contributed by atoms with Crippen LogP contribution in [0.3, 0.4) is 0 Å². The molecule has 8 heteroatoms. The summed E-state index contributed by atoms with van der Waals surface area (Å²) in [6, 6.07) is 5.29. The van der Waals surface area contributed by atoms with Crippen molar-refractivity contribution in [3.05, 3.63) is 47.5 Å². The highest BCUT2D eigenvalue weighted by molar-refractivity contribution is 7.92. The summed E-state index contributed by atoms with van der Waals surface area (Å²) in [7, 11) is -3.92. The maximum Gasteiger partial charge on any atom is 0.270 e. The summed E-state index contributed by atoms with van der Waals surface area (Å²) in [5.74, 6) is -0.362. The Hall–Kier alpha value is -2.35. The third-order valence-electron chi connectivity index (χ3n) is 4.33. The molecule has 3 rings (SSSR count). The molecule has 1 aliphatic heterocycles. The number of benzene rings is 1. The largest absolute Gasteiger partial charge is 0.340 e. The van der Waals surface area contributed by atoms with Crippen LogP contribution in [-0.4, -0.2) is 36.9 Å². The molecule has 1 amide bonds. The van der Waals surface area contributed by atoms with Crippen LogP contribution in [0.2, 0.25) is 0 Å². The number of anilines is 1. The number of nitrogens with zero attached hydrogens (tertiary/aromatic N) is 2. The summed E-state index contributed by atoms with van der Waals surface area (Å²) in [5, 5.41) is 0. The summed E-state index contributed by atoms with van der Waals surface area (Å²) in [6.45, 7) is 7.48. The van der Waals surface area contributed by atoms with Gasteiger partial charge in [0.2, 0.25) is 0 Å². The van der Waals surface area contributed by atoms with Crippen molar-refractivity contribution in [2.24, 2.45) is 5.92 Å². The first-order valence-corrected chi connectivity index (χ1v) is 9.94. The van der Waals surface area contributed by atoms with Gasteiger partial charge in [-0.3, -0.25) is 9.52 Å². The van der Waals surface area contributed by atoms with E-state index in [0.29, 0.717) is 36.8 Å². The molecule has 140 valence electrons. The molecule has 0 atom stereocenters. The third kappa shape index (κ3) is 3.60. The Morgan fingerprint density at radius 2 is 1.96 bits per heavy atom. The predicted molar refractivity (Wildman–Crippen MR) is 97.1 cm³/mol. The molecule has 0 saturated carbocycles. The molecule has 0 spiro atoms. The van der Waals surface area contributed by atoms with Gasteiger partial charge in [0.1, 0.15) is 16.4 Å². The Labute approximate surface area is 152 Å². The molecular formula is C18H22FN3O3S. The normalized spacial score (nSPS) is 14.7. The van der Waals surface area contributed by atoms with Crippen molar-refractivity contribution in [2.75, 3.05) is 17.8 Å². The molecule has 0 saturated heterocycles. The molecule has 26 heavy (non-hydrogen) atoms. The molecule has 1 aromatic carbocycles. The van der Waals surface area contributed by atoms with Crippen molar-refractivity contribution in [3.8, 4) is 0 Å². The second kappa shape index (κ2) is 6.75. The Morgan fingerprint density at radius 1 is 1.23 bits per heavy atom. The Morgan fingerprint density at radius 3 is 2.65 bits per heavy atom. The maximum atomic E-state index is 13.4. The Balaban J connectivity index is 1.89. The summed E-state index contributed by atoms with van der Waals surface area (Å²) in [6.07, 6.45) is 1.46. The molecule has 0 radical (unpaired) electrons. The molecule has 0 aliphatic carbocycles. The number of carbonyl (C=O) groups excluding carboxylic acids is 1. The lowest BCUT2D eigenvalue weighted by Crippen LogP contribution is -2.41. The smallest absolute Gasteiger partial charge is 0.270 e. The van der Waals surface area contributed by atoms with Crippen molar-refractivity contribution >= 4 is 21.6 Å². The number of hydrogen-bond acceptors (Lipinski definition) is 3. The number of aromatic nitrogens is 1. The van der Waals surface area contributed by atoms with Gasteiger partial charge in [-0.2, -0.15) is 0 Å². The molecule has 6 nitrogen and oxygen atoms in total. The van der Waals surface area contributed by atoms with Gasteiger partial charge in [0.25, 0.3) is 15.9 Å². The Kier molecular flexibility index (Phi) is 4.79. The van der Waals surface area contributed by atoms with E-state index in [1.807, 2.05) is 13.8 Å². The standard InChI is InChI=1S/C18H22FN3O3S/c1-12(2)10-22-7-6-21-11-15(9-17(21)18(22)23)26(24,25)20-16-8-14(19)5-4-13(16)3/h4-5,8-9,11-12,20H,6-7,10H2,1-3H3. The lowest BCUT2D eigenvalue weighted by molar-refractivity contribution is 0.0683. The molecule has 1 N–H and O–H groups in total. The van der Waals surface area contributed by atoms with E-state index in [9.17, 15) is 17.6 Å². The number of aryl methyl sites for hydroxylation is 1. The molecule has 0 unspecified atom stereocenters. The van der Waals surface area contributed by atoms with E-state index < -0.39 is 15.8 Å². The second-order valence-electron chi connectivity index (χ2n) is 6.96. The minimum atomic E-state index is -3.92. The van der Waals surface area contributed by atoms with E-state index in [4.69, 9.17) is 0 Å². The molecule has 2 heterocycles. The fourth-order valence-electron chi connectivity index (χ4n) is 3.01. The first kappa shape index (κ1) is 18.4. The number of hydrogen-bond donors (Lipinski definition) is 1. The number of carbonyl (C=O) groups is 1. The van der Waals surface area contributed by atoms with Gasteiger partial charge < -0.3 is 9.47 Å². The molecular weight excluding hydrogens is 357 g/mol. The number of fused-ring (bicyclic) bond motifs is 1. The Bertz CT molecular complexity index is 951. The first-order chi connectivity index (χ1) is 12.2. The zero-order chi connectivity index (χ0) is 19.1. The average Bonchev–Trinajstić information content (AvgIpc) is 2.99. The van der Waals surface area contributed by atoms with Gasteiger partial charge in [-0.05, 0) is 36.6 Å². The number of sulfonamides is 1. The second-order valence-corrected chi connectivity index (χ2v) is 8.65. The van der Waals surface area contributed by atoms with E-state index >= 15 is 0 Å². The van der Waals surface area contributed by atoms with Gasteiger partial charge in [0.15, 0.2) is 0 Å². The summed E-state index contributed by atoms with van der Waals surface area (Å²) < 4.78 is 42.8. The van der Waals surface area contributed by atoms with Gasteiger partial charge in [-0.1, -0.05) is 19.9 Å². The molecule has 0 fully saturated rings. The van der Waals surface area contributed by atoms with Gasteiger partial charge in [0, 0.05) is 25.8 Å². The first-order valence-electron chi connectivity index (χ1n) is 8.46. The SMILES string of the molecule is Cc1ccc(F)cc1NS(=O)(=O)c1cc2n(c1)CCN(CC(C)C)C2=O. The van der Waals surface area contributed by atoms with Gasteiger partial charge in [0.05, 0.1) is 5.69 Å². The minimum absolute atomic E-state index is 0.00379. The van der Waals surface area contributed by atoms with Gasteiger partial charge >= 0.3 is 0 Å². The summed E-state index contributed by atoms with van der Waals surface area (Å²) in [5.41, 5.74) is 1.15. The van der Waals surface area contributed by atoms with Crippen LogP contribution < -0.4 is 4.72 Å². The predicted octanol–water partition coefficient (Wildman–Crippen LogP) is 2.85. The van der Waals surface area contributed by atoms with Crippen LogP contribution in [0.15, 0.2) is 35.4 Å².